The van der Waals surface area contributed by atoms with E-state index in [1.807, 2.05) is 0 Å². The van der Waals surface area contributed by atoms with Crippen LogP contribution in [0.1, 0.15) is 0 Å². The zero-order valence-electron chi connectivity index (χ0n) is 10.6. The average Bonchev–Trinajstić information content (AvgIpc) is 2.44. The summed E-state index contributed by atoms with van der Waals surface area (Å²) in [4.78, 5) is 10.4. The van der Waals surface area contributed by atoms with Crippen LogP contribution in [0, 0.1) is 0 Å². The van der Waals surface area contributed by atoms with Crippen LogP contribution in [0.3, 0.4) is 0 Å². The Balaban J connectivity index is 0.000000235. The topological polar surface area (TPSA) is 168 Å². The third kappa shape index (κ3) is 4.55. The highest BCUT2D eigenvalue weighted by molar-refractivity contribution is 5.73. The summed E-state index contributed by atoms with van der Waals surface area (Å²) >= 11 is 0. The first-order valence-electron chi connectivity index (χ1n) is 5.82. The Labute approximate surface area is 118 Å². The Morgan fingerprint density at radius 3 is 1.67 bits per heavy atom. The molecule has 9 heteroatoms. The summed E-state index contributed by atoms with van der Waals surface area (Å²) in [5.74, 6) is -1.18. The van der Waals surface area contributed by atoms with Crippen molar-refractivity contribution in [3.63, 3.8) is 0 Å². The van der Waals surface area contributed by atoms with Crippen LogP contribution >= 0.6 is 0 Å². The monoisotopic (exact) mass is 304 g/mol. The van der Waals surface area contributed by atoms with E-state index in [9.17, 15) is 4.79 Å². The van der Waals surface area contributed by atoms with Crippen molar-refractivity contribution in [3.8, 4) is 11.5 Å². The van der Waals surface area contributed by atoms with Crippen molar-refractivity contribution in [3.05, 3.63) is 24.3 Å². The number of carboxylic acid groups (broad SMARTS) is 1. The quantitative estimate of drug-likeness (QED) is 0.289. The maximum Gasteiger partial charge on any atom is 0.335 e. The molecule has 9 nitrogen and oxygen atoms in total. The van der Waals surface area contributed by atoms with E-state index < -0.39 is 36.7 Å². The van der Waals surface area contributed by atoms with Gasteiger partial charge >= 0.3 is 5.97 Å². The second kappa shape index (κ2) is 7.20. The van der Waals surface area contributed by atoms with Crippen molar-refractivity contribution in [2.75, 3.05) is 0 Å². The number of aliphatic hydroxyl groups excluding tert-OH is 4. The molecule has 0 spiro atoms. The fourth-order valence-electron chi connectivity index (χ4n) is 1.52. The van der Waals surface area contributed by atoms with E-state index in [2.05, 4.69) is 4.74 Å². The van der Waals surface area contributed by atoms with Gasteiger partial charge < -0.3 is 40.5 Å². The highest BCUT2D eigenvalue weighted by atomic mass is 16.6. The first-order valence-corrected chi connectivity index (χ1v) is 5.82. The molecule has 1 fully saturated rings. The van der Waals surface area contributed by atoms with Gasteiger partial charge in [-0.3, -0.25) is 0 Å². The molecule has 0 amide bonds. The summed E-state index contributed by atoms with van der Waals surface area (Å²) in [5, 5.41) is 61.7. The second-order valence-corrected chi connectivity index (χ2v) is 4.27. The van der Waals surface area contributed by atoms with Crippen molar-refractivity contribution >= 4 is 5.97 Å². The number of aliphatic hydroxyl groups is 4. The van der Waals surface area contributed by atoms with Crippen molar-refractivity contribution in [2.45, 2.75) is 30.7 Å². The van der Waals surface area contributed by atoms with E-state index in [4.69, 9.17) is 35.7 Å². The summed E-state index contributed by atoms with van der Waals surface area (Å²) in [6, 6.07) is 5.70. The largest absolute Gasteiger partial charge is 0.508 e. The fraction of sp³-hybridized carbons (Fsp3) is 0.417. The lowest BCUT2D eigenvalue weighted by Gasteiger charge is -2.36. The van der Waals surface area contributed by atoms with E-state index in [-0.39, 0.29) is 11.5 Å². The normalized spacial score (nSPS) is 31.9. The molecule has 2 rings (SSSR count). The van der Waals surface area contributed by atoms with Crippen LogP contribution in [-0.4, -0.2) is 72.4 Å². The van der Waals surface area contributed by atoms with Crippen LogP contribution in [-0.2, 0) is 9.53 Å². The maximum absolute atomic E-state index is 10.4. The van der Waals surface area contributed by atoms with Gasteiger partial charge in [-0.25, -0.2) is 4.79 Å². The van der Waals surface area contributed by atoms with Gasteiger partial charge in [0.2, 0.25) is 0 Å². The summed E-state index contributed by atoms with van der Waals surface area (Å²) in [5.41, 5.74) is 0. The van der Waals surface area contributed by atoms with Crippen molar-refractivity contribution in [1.29, 1.82) is 0 Å². The molecule has 118 valence electrons. The van der Waals surface area contributed by atoms with Gasteiger partial charge in [-0.15, -0.1) is 0 Å². The molecular weight excluding hydrogens is 288 g/mol. The number of hydrogen-bond donors (Lipinski definition) is 7. The summed E-state index contributed by atoms with van der Waals surface area (Å²) in [7, 11) is 0. The zero-order valence-corrected chi connectivity index (χ0v) is 10.6. The molecule has 1 aliphatic rings. The molecule has 5 atom stereocenters. The molecule has 0 aliphatic carbocycles. The van der Waals surface area contributed by atoms with Crippen LogP contribution in [0.4, 0.5) is 0 Å². The maximum atomic E-state index is 10.4. The molecule has 7 N–H and O–H groups in total. The molecule has 0 saturated carbocycles. The smallest absolute Gasteiger partial charge is 0.335 e. The molecular formula is C12H16O9. The summed E-state index contributed by atoms with van der Waals surface area (Å²) in [6.45, 7) is 0. The predicted molar refractivity (Wildman–Crippen MR) is 66.3 cm³/mol. The molecule has 0 unspecified atom stereocenters. The number of ether oxygens (including phenoxy) is 1. The number of aromatic hydroxyl groups is 2. The van der Waals surface area contributed by atoms with Crippen molar-refractivity contribution in [1.82, 2.24) is 0 Å². The molecule has 1 aromatic carbocycles. The molecule has 1 aliphatic heterocycles. The van der Waals surface area contributed by atoms with Gasteiger partial charge in [-0.05, 0) is 24.3 Å². The van der Waals surface area contributed by atoms with Crippen molar-refractivity contribution < 1.29 is 45.3 Å². The highest BCUT2D eigenvalue weighted by Crippen LogP contribution is 2.19. The number of rotatable bonds is 1. The van der Waals surface area contributed by atoms with Gasteiger partial charge in [0.15, 0.2) is 12.4 Å². The summed E-state index contributed by atoms with van der Waals surface area (Å²) < 4.78 is 4.34. The van der Waals surface area contributed by atoms with Crippen LogP contribution in [0.2, 0.25) is 0 Å². The lowest BCUT2D eigenvalue weighted by molar-refractivity contribution is -0.279. The predicted octanol–water partition coefficient (Wildman–Crippen LogP) is -2.03. The lowest BCUT2D eigenvalue weighted by atomic mass is 9.99. The van der Waals surface area contributed by atoms with Crippen LogP contribution in [0.5, 0.6) is 11.5 Å². The Morgan fingerprint density at radius 1 is 0.857 bits per heavy atom. The minimum atomic E-state index is -1.81. The van der Waals surface area contributed by atoms with Gasteiger partial charge in [0, 0.05) is 0 Å². The Morgan fingerprint density at radius 2 is 1.29 bits per heavy atom. The van der Waals surface area contributed by atoms with E-state index >= 15 is 0 Å². The molecule has 1 saturated heterocycles. The number of carbonyl (C=O) groups is 1. The zero-order chi connectivity index (χ0) is 16.2. The van der Waals surface area contributed by atoms with E-state index in [0.29, 0.717) is 0 Å². The first kappa shape index (κ1) is 17.1. The van der Waals surface area contributed by atoms with Gasteiger partial charge in [-0.2, -0.15) is 0 Å². The van der Waals surface area contributed by atoms with Gasteiger partial charge in [0.05, 0.1) is 0 Å². The summed E-state index contributed by atoms with van der Waals surface area (Å²) in [6.07, 6.45) is -8.72. The molecule has 21 heavy (non-hydrogen) atoms. The van der Waals surface area contributed by atoms with E-state index in [1.54, 1.807) is 0 Å². The molecule has 0 aromatic heterocycles. The number of carboxylic acids is 1. The molecule has 0 bridgehead atoms. The lowest BCUT2D eigenvalue weighted by Crippen LogP contribution is -2.59. The number of phenols is 2. The first-order chi connectivity index (χ1) is 9.73. The minimum absolute atomic E-state index is 0.169. The Bertz CT molecular complexity index is 439. The third-order valence-corrected chi connectivity index (χ3v) is 2.68. The van der Waals surface area contributed by atoms with E-state index in [0.717, 1.165) is 0 Å². The molecule has 0 radical (unpaired) electrons. The standard InChI is InChI=1S/C6H10O7.C6H6O2/c7-1-2(8)4(5(10)11)13-6(12)3(1)9;7-5-1-2-6(8)4-3-5/h1-4,6-9,12H,(H,10,11);1-4,7-8H/t1-,2-,3+,4-,6+;/m1./s1. The van der Waals surface area contributed by atoms with Gasteiger partial charge in [0.25, 0.3) is 0 Å². The third-order valence-electron chi connectivity index (χ3n) is 2.68. The number of hydrogen-bond acceptors (Lipinski definition) is 8. The number of aliphatic carboxylic acids is 1. The van der Waals surface area contributed by atoms with Crippen LogP contribution < -0.4 is 0 Å². The van der Waals surface area contributed by atoms with Crippen LogP contribution in [0.25, 0.3) is 0 Å². The fourth-order valence-corrected chi connectivity index (χ4v) is 1.52. The average molecular weight is 304 g/mol. The van der Waals surface area contributed by atoms with Crippen LogP contribution in [0.15, 0.2) is 24.3 Å². The molecule has 1 aromatic rings. The highest BCUT2D eigenvalue weighted by Gasteiger charge is 2.46. The SMILES string of the molecule is O=C(O)[C@@H]1O[C@H](O)[C@@H](O)[C@H](O)[C@H]1O.Oc1ccc(O)cc1. The second-order valence-electron chi connectivity index (χ2n) is 4.27. The van der Waals surface area contributed by atoms with Crippen molar-refractivity contribution in [2.24, 2.45) is 0 Å². The van der Waals surface area contributed by atoms with Gasteiger partial charge in [0.1, 0.15) is 29.8 Å². The van der Waals surface area contributed by atoms with Gasteiger partial charge in [-0.1, -0.05) is 0 Å². The number of phenolic OH excluding ortho intramolecular Hbond substituents is 2. The Kier molecular flexibility index (Phi) is 5.88. The van der Waals surface area contributed by atoms with E-state index in [1.165, 1.54) is 24.3 Å². The number of benzene rings is 1. The minimum Gasteiger partial charge on any atom is -0.508 e. The Hall–Kier alpha value is -1.91. The molecule has 1 heterocycles.